The highest BCUT2D eigenvalue weighted by Crippen LogP contribution is 2.28. The summed E-state index contributed by atoms with van der Waals surface area (Å²) in [5, 5.41) is 1.99. The van der Waals surface area contributed by atoms with Gasteiger partial charge in [0, 0.05) is 27.9 Å². The Kier molecular flexibility index (Phi) is 4.30. The van der Waals surface area contributed by atoms with Crippen molar-refractivity contribution in [2.75, 3.05) is 5.75 Å². The second-order valence-electron chi connectivity index (χ2n) is 4.51. The number of halogens is 1. The first-order chi connectivity index (χ1) is 8.18. The summed E-state index contributed by atoms with van der Waals surface area (Å²) >= 11 is 8.18. The fourth-order valence-electron chi connectivity index (χ4n) is 1.72. The number of pyridine rings is 1. The fraction of sp³-hybridized carbons (Fsp3) is 0.357. The van der Waals surface area contributed by atoms with Gasteiger partial charge < -0.3 is 0 Å². The molecule has 0 amide bonds. The second kappa shape index (κ2) is 5.74. The molecule has 0 fully saturated rings. The van der Waals surface area contributed by atoms with Crippen LogP contribution >= 0.6 is 23.4 Å². The van der Waals surface area contributed by atoms with Crippen molar-refractivity contribution >= 4 is 34.3 Å². The van der Waals surface area contributed by atoms with Gasteiger partial charge in [-0.3, -0.25) is 4.98 Å². The van der Waals surface area contributed by atoms with E-state index in [9.17, 15) is 0 Å². The molecule has 1 heterocycles. The molecule has 0 radical (unpaired) electrons. The highest BCUT2D eigenvalue weighted by Gasteiger charge is 2.07. The highest BCUT2D eigenvalue weighted by atomic mass is 35.5. The molecule has 0 atom stereocenters. The average molecular weight is 266 g/mol. The summed E-state index contributed by atoms with van der Waals surface area (Å²) in [6, 6.07) is 8.04. The first-order valence-electron chi connectivity index (χ1n) is 5.78. The Bertz CT molecular complexity index is 511. The van der Waals surface area contributed by atoms with E-state index in [-0.39, 0.29) is 0 Å². The van der Waals surface area contributed by atoms with E-state index in [1.165, 1.54) is 0 Å². The van der Waals surface area contributed by atoms with Gasteiger partial charge in [-0.05, 0) is 23.8 Å². The highest BCUT2D eigenvalue weighted by molar-refractivity contribution is 7.98. The summed E-state index contributed by atoms with van der Waals surface area (Å²) in [5.41, 5.74) is 2.20. The van der Waals surface area contributed by atoms with Crippen molar-refractivity contribution < 1.29 is 0 Å². The van der Waals surface area contributed by atoms with Gasteiger partial charge in [-0.1, -0.05) is 37.6 Å². The Balaban J connectivity index is 2.28. The van der Waals surface area contributed by atoms with Gasteiger partial charge in [-0.25, -0.2) is 0 Å². The molecule has 90 valence electrons. The van der Waals surface area contributed by atoms with E-state index >= 15 is 0 Å². The molecule has 1 aromatic heterocycles. The maximum atomic E-state index is 6.27. The van der Waals surface area contributed by atoms with Gasteiger partial charge in [0.25, 0.3) is 0 Å². The van der Waals surface area contributed by atoms with Crippen LogP contribution in [0.5, 0.6) is 0 Å². The van der Waals surface area contributed by atoms with Crippen molar-refractivity contribution in [3.8, 4) is 0 Å². The van der Waals surface area contributed by atoms with Crippen molar-refractivity contribution in [1.29, 1.82) is 0 Å². The summed E-state index contributed by atoms with van der Waals surface area (Å²) in [6.07, 6.45) is 1.83. The SMILES string of the molecule is CC(C)CSCc1c(Cl)ccc2cccnc12. The molecule has 17 heavy (non-hydrogen) atoms. The van der Waals surface area contributed by atoms with Crippen LogP contribution in [0, 0.1) is 5.92 Å². The number of rotatable bonds is 4. The van der Waals surface area contributed by atoms with Crippen LogP contribution in [0.1, 0.15) is 19.4 Å². The van der Waals surface area contributed by atoms with Gasteiger partial charge in [-0.2, -0.15) is 11.8 Å². The molecule has 0 bridgehead atoms. The van der Waals surface area contributed by atoms with Crippen LogP contribution in [-0.2, 0) is 5.75 Å². The summed E-state index contributed by atoms with van der Waals surface area (Å²) in [6.45, 7) is 4.46. The number of nitrogens with zero attached hydrogens (tertiary/aromatic N) is 1. The van der Waals surface area contributed by atoms with Crippen molar-refractivity contribution in [1.82, 2.24) is 4.98 Å². The second-order valence-corrected chi connectivity index (χ2v) is 5.95. The van der Waals surface area contributed by atoms with Gasteiger partial charge >= 0.3 is 0 Å². The summed E-state index contributed by atoms with van der Waals surface area (Å²) in [7, 11) is 0. The molecule has 2 rings (SSSR count). The summed E-state index contributed by atoms with van der Waals surface area (Å²) < 4.78 is 0. The Labute approximate surface area is 112 Å². The Morgan fingerprint density at radius 3 is 2.88 bits per heavy atom. The van der Waals surface area contributed by atoms with Crippen molar-refractivity contribution in [2.24, 2.45) is 5.92 Å². The summed E-state index contributed by atoms with van der Waals surface area (Å²) in [4.78, 5) is 4.44. The van der Waals surface area contributed by atoms with Gasteiger partial charge in [0.1, 0.15) is 0 Å². The quantitative estimate of drug-likeness (QED) is 0.789. The van der Waals surface area contributed by atoms with Gasteiger partial charge in [0.05, 0.1) is 5.52 Å². The zero-order valence-electron chi connectivity index (χ0n) is 10.1. The van der Waals surface area contributed by atoms with Crippen molar-refractivity contribution in [3.63, 3.8) is 0 Å². The van der Waals surface area contributed by atoms with E-state index in [1.54, 1.807) is 0 Å². The molecule has 2 aromatic rings. The zero-order valence-corrected chi connectivity index (χ0v) is 11.7. The largest absolute Gasteiger partial charge is 0.256 e. The standard InChI is InChI=1S/C14H16ClNS/c1-10(2)8-17-9-12-13(15)6-5-11-4-3-7-16-14(11)12/h3-7,10H,8-9H2,1-2H3. The summed E-state index contributed by atoms with van der Waals surface area (Å²) in [5.74, 6) is 2.80. The molecule has 1 nitrogen and oxygen atoms in total. The average Bonchev–Trinajstić information content (AvgIpc) is 2.32. The van der Waals surface area contributed by atoms with Crippen LogP contribution in [0.2, 0.25) is 5.02 Å². The number of benzene rings is 1. The number of fused-ring (bicyclic) bond motifs is 1. The van der Waals surface area contributed by atoms with E-state index in [0.717, 1.165) is 33.0 Å². The predicted octanol–water partition coefficient (Wildman–Crippen LogP) is 4.78. The van der Waals surface area contributed by atoms with Crippen LogP contribution in [0.3, 0.4) is 0 Å². The molecule has 0 unspecified atom stereocenters. The molecule has 1 aromatic carbocycles. The fourth-order valence-corrected chi connectivity index (χ4v) is 3.10. The van der Waals surface area contributed by atoms with Crippen molar-refractivity contribution in [3.05, 3.63) is 41.0 Å². The predicted molar refractivity (Wildman–Crippen MR) is 77.8 cm³/mol. The minimum absolute atomic E-state index is 0.710. The molecular weight excluding hydrogens is 250 g/mol. The Hall–Kier alpha value is -0.730. The molecule has 0 saturated heterocycles. The van der Waals surface area contributed by atoms with Gasteiger partial charge in [-0.15, -0.1) is 0 Å². The lowest BCUT2D eigenvalue weighted by atomic mass is 10.1. The molecular formula is C14H16ClNS. The smallest absolute Gasteiger partial charge is 0.0757 e. The third kappa shape index (κ3) is 3.14. The van der Waals surface area contributed by atoms with Crippen molar-refractivity contribution in [2.45, 2.75) is 19.6 Å². The Morgan fingerprint density at radius 1 is 1.29 bits per heavy atom. The molecule has 0 aliphatic carbocycles. The molecule has 3 heteroatoms. The topological polar surface area (TPSA) is 12.9 Å². The molecule has 0 aliphatic rings. The number of hydrogen-bond acceptors (Lipinski definition) is 2. The Morgan fingerprint density at radius 2 is 2.12 bits per heavy atom. The minimum atomic E-state index is 0.710. The lowest BCUT2D eigenvalue weighted by Crippen LogP contribution is -1.94. The maximum Gasteiger partial charge on any atom is 0.0757 e. The van der Waals surface area contributed by atoms with Crippen LogP contribution in [0.25, 0.3) is 10.9 Å². The van der Waals surface area contributed by atoms with Crippen LogP contribution in [-0.4, -0.2) is 10.7 Å². The number of hydrogen-bond donors (Lipinski definition) is 0. The van der Waals surface area contributed by atoms with E-state index < -0.39 is 0 Å². The number of aromatic nitrogens is 1. The van der Waals surface area contributed by atoms with E-state index in [0.29, 0.717) is 5.92 Å². The zero-order chi connectivity index (χ0) is 12.3. The monoisotopic (exact) mass is 265 g/mol. The van der Waals surface area contributed by atoms with E-state index in [2.05, 4.69) is 24.9 Å². The minimum Gasteiger partial charge on any atom is -0.256 e. The van der Waals surface area contributed by atoms with E-state index in [1.807, 2.05) is 36.2 Å². The molecule has 0 N–H and O–H groups in total. The normalized spacial score (nSPS) is 11.3. The number of thioether (sulfide) groups is 1. The lowest BCUT2D eigenvalue weighted by molar-refractivity contribution is 0.750. The maximum absolute atomic E-state index is 6.27. The first-order valence-corrected chi connectivity index (χ1v) is 7.31. The third-order valence-corrected chi connectivity index (χ3v) is 4.27. The van der Waals surface area contributed by atoms with Gasteiger partial charge in [0.2, 0.25) is 0 Å². The first kappa shape index (κ1) is 12.7. The van der Waals surface area contributed by atoms with Crippen LogP contribution < -0.4 is 0 Å². The molecule has 0 aliphatic heterocycles. The van der Waals surface area contributed by atoms with Crippen LogP contribution in [0.15, 0.2) is 30.5 Å². The van der Waals surface area contributed by atoms with E-state index in [4.69, 9.17) is 11.6 Å². The third-order valence-electron chi connectivity index (χ3n) is 2.52. The lowest BCUT2D eigenvalue weighted by Gasteiger charge is -2.09. The van der Waals surface area contributed by atoms with Crippen LogP contribution in [0.4, 0.5) is 0 Å². The molecule has 0 saturated carbocycles. The van der Waals surface area contributed by atoms with Gasteiger partial charge in [0.15, 0.2) is 0 Å². The molecule has 0 spiro atoms.